The molecule has 0 saturated carbocycles. The third-order valence-corrected chi connectivity index (χ3v) is 2.73. The van der Waals surface area contributed by atoms with Gasteiger partial charge in [0.05, 0.1) is 11.3 Å². The molecular weight excluding hydrogens is 291 g/mol. The molecule has 1 aromatic carbocycles. The van der Waals surface area contributed by atoms with E-state index in [1.165, 1.54) is 12.1 Å². The van der Waals surface area contributed by atoms with Crippen molar-refractivity contribution in [2.75, 3.05) is 5.32 Å². The first kappa shape index (κ1) is 11.8. The summed E-state index contributed by atoms with van der Waals surface area (Å²) in [4.78, 5) is 11.8. The van der Waals surface area contributed by atoms with E-state index in [1.807, 2.05) is 0 Å². The second kappa shape index (κ2) is 4.67. The van der Waals surface area contributed by atoms with E-state index in [2.05, 4.69) is 26.4 Å². The number of rotatable bonds is 2. The van der Waals surface area contributed by atoms with Crippen LogP contribution in [0.3, 0.4) is 0 Å². The quantitative estimate of drug-likeness (QED) is 0.927. The predicted octanol–water partition coefficient (Wildman–Crippen LogP) is 3.14. The molecule has 0 radical (unpaired) electrons. The molecule has 6 heteroatoms. The van der Waals surface area contributed by atoms with Gasteiger partial charge in [-0.3, -0.25) is 10.1 Å². The summed E-state index contributed by atoms with van der Waals surface area (Å²) in [6.07, 6.45) is 0. The van der Waals surface area contributed by atoms with E-state index < -0.39 is 11.7 Å². The maximum absolute atomic E-state index is 13.0. The van der Waals surface area contributed by atoms with E-state index in [1.54, 1.807) is 13.0 Å². The fourth-order valence-corrected chi connectivity index (χ4v) is 1.70. The van der Waals surface area contributed by atoms with Crippen LogP contribution in [0.25, 0.3) is 0 Å². The minimum Gasteiger partial charge on any atom is -0.338 e. The summed E-state index contributed by atoms with van der Waals surface area (Å²) in [5, 5.41) is 6.11. The standard InChI is InChI=1S/C11H8BrFN2O2/c1-6-4-10(17-15-6)14-11(16)8-5-7(13)2-3-9(8)12/h2-5H,1H3,(H,14,16). The van der Waals surface area contributed by atoms with Gasteiger partial charge in [-0.1, -0.05) is 5.16 Å². The molecule has 1 amide bonds. The zero-order chi connectivity index (χ0) is 12.4. The molecule has 0 bridgehead atoms. The molecule has 1 heterocycles. The van der Waals surface area contributed by atoms with Crippen molar-refractivity contribution in [3.8, 4) is 0 Å². The summed E-state index contributed by atoms with van der Waals surface area (Å²) in [6, 6.07) is 5.45. The molecule has 0 atom stereocenters. The summed E-state index contributed by atoms with van der Waals surface area (Å²) in [6.45, 7) is 1.73. The Bertz CT molecular complexity index is 568. The van der Waals surface area contributed by atoms with Crippen LogP contribution in [-0.2, 0) is 0 Å². The molecule has 17 heavy (non-hydrogen) atoms. The minimum atomic E-state index is -0.480. The van der Waals surface area contributed by atoms with Crippen molar-refractivity contribution in [3.05, 3.63) is 45.8 Å². The second-order valence-electron chi connectivity index (χ2n) is 3.41. The number of hydrogen-bond acceptors (Lipinski definition) is 3. The zero-order valence-electron chi connectivity index (χ0n) is 8.83. The first-order valence-electron chi connectivity index (χ1n) is 4.76. The third kappa shape index (κ3) is 2.71. The van der Waals surface area contributed by atoms with E-state index in [9.17, 15) is 9.18 Å². The Morgan fingerprint density at radius 3 is 2.88 bits per heavy atom. The molecule has 1 aromatic heterocycles. The minimum absolute atomic E-state index is 0.194. The summed E-state index contributed by atoms with van der Waals surface area (Å²) in [5.41, 5.74) is 0.845. The van der Waals surface area contributed by atoms with Gasteiger partial charge >= 0.3 is 0 Å². The Morgan fingerprint density at radius 2 is 2.24 bits per heavy atom. The van der Waals surface area contributed by atoms with Crippen molar-refractivity contribution in [2.24, 2.45) is 0 Å². The summed E-state index contributed by atoms with van der Waals surface area (Å²) in [7, 11) is 0. The van der Waals surface area contributed by atoms with Gasteiger partial charge in [-0.05, 0) is 41.1 Å². The van der Waals surface area contributed by atoms with E-state index in [-0.39, 0.29) is 11.4 Å². The van der Waals surface area contributed by atoms with Crippen LogP contribution in [0, 0.1) is 12.7 Å². The number of halogens is 2. The number of carbonyl (C=O) groups is 1. The molecule has 0 unspecified atom stereocenters. The maximum atomic E-state index is 13.0. The molecule has 1 N–H and O–H groups in total. The number of amides is 1. The summed E-state index contributed by atoms with van der Waals surface area (Å²) in [5.74, 6) is -0.719. The molecule has 0 saturated heterocycles. The van der Waals surface area contributed by atoms with Crippen LogP contribution in [0.5, 0.6) is 0 Å². The summed E-state index contributed by atoms with van der Waals surface area (Å²) < 4.78 is 18.4. The third-order valence-electron chi connectivity index (χ3n) is 2.04. The van der Waals surface area contributed by atoms with Gasteiger partial charge in [-0.2, -0.15) is 0 Å². The van der Waals surface area contributed by atoms with Crippen molar-refractivity contribution in [1.82, 2.24) is 5.16 Å². The van der Waals surface area contributed by atoms with Crippen molar-refractivity contribution < 1.29 is 13.7 Å². The molecule has 0 fully saturated rings. The molecular formula is C11H8BrFN2O2. The van der Waals surface area contributed by atoms with Gasteiger partial charge in [0, 0.05) is 10.5 Å². The first-order chi connectivity index (χ1) is 8.06. The Morgan fingerprint density at radius 1 is 1.47 bits per heavy atom. The second-order valence-corrected chi connectivity index (χ2v) is 4.27. The topological polar surface area (TPSA) is 55.1 Å². The van der Waals surface area contributed by atoms with Crippen LogP contribution < -0.4 is 5.32 Å². The Labute approximate surface area is 105 Å². The van der Waals surface area contributed by atoms with Crippen LogP contribution in [0.4, 0.5) is 10.3 Å². The normalized spacial score (nSPS) is 10.3. The number of aromatic nitrogens is 1. The van der Waals surface area contributed by atoms with Crippen LogP contribution >= 0.6 is 15.9 Å². The average Bonchev–Trinajstić information content (AvgIpc) is 2.67. The monoisotopic (exact) mass is 298 g/mol. The first-order valence-corrected chi connectivity index (χ1v) is 5.55. The highest BCUT2D eigenvalue weighted by Crippen LogP contribution is 2.19. The molecule has 0 spiro atoms. The maximum Gasteiger partial charge on any atom is 0.259 e. The van der Waals surface area contributed by atoms with Gasteiger partial charge < -0.3 is 4.52 Å². The highest BCUT2D eigenvalue weighted by Gasteiger charge is 2.13. The Hall–Kier alpha value is -1.69. The SMILES string of the molecule is Cc1cc(NC(=O)c2cc(F)ccc2Br)on1. The van der Waals surface area contributed by atoms with Crippen LogP contribution in [0.2, 0.25) is 0 Å². The Balaban J connectivity index is 2.22. The largest absolute Gasteiger partial charge is 0.338 e. The number of benzene rings is 1. The predicted molar refractivity (Wildman–Crippen MR) is 63.3 cm³/mol. The van der Waals surface area contributed by atoms with Gasteiger partial charge in [0.2, 0.25) is 5.88 Å². The molecule has 0 aliphatic heterocycles. The lowest BCUT2D eigenvalue weighted by Crippen LogP contribution is -2.12. The fraction of sp³-hybridized carbons (Fsp3) is 0.0909. The van der Waals surface area contributed by atoms with Gasteiger partial charge in [0.1, 0.15) is 5.82 Å². The number of nitrogens with one attached hydrogen (secondary N) is 1. The smallest absolute Gasteiger partial charge is 0.259 e. The van der Waals surface area contributed by atoms with E-state index in [4.69, 9.17) is 4.52 Å². The molecule has 2 aromatic rings. The zero-order valence-corrected chi connectivity index (χ0v) is 10.4. The molecule has 0 aliphatic rings. The van der Waals surface area contributed by atoms with Crippen molar-refractivity contribution in [1.29, 1.82) is 0 Å². The lowest BCUT2D eigenvalue weighted by molar-refractivity contribution is 0.102. The highest BCUT2D eigenvalue weighted by molar-refractivity contribution is 9.10. The number of anilines is 1. The van der Waals surface area contributed by atoms with E-state index >= 15 is 0 Å². The summed E-state index contributed by atoms with van der Waals surface area (Å²) >= 11 is 3.18. The Kier molecular flexibility index (Phi) is 3.23. The molecule has 88 valence electrons. The molecule has 2 rings (SSSR count). The molecule has 0 aliphatic carbocycles. The van der Waals surface area contributed by atoms with Crippen molar-refractivity contribution >= 4 is 27.7 Å². The van der Waals surface area contributed by atoms with Gasteiger partial charge in [0.25, 0.3) is 5.91 Å². The number of nitrogens with zero attached hydrogens (tertiary/aromatic N) is 1. The van der Waals surface area contributed by atoms with Crippen LogP contribution in [-0.4, -0.2) is 11.1 Å². The number of aryl methyl sites for hydroxylation is 1. The van der Waals surface area contributed by atoms with Gasteiger partial charge in [-0.25, -0.2) is 4.39 Å². The van der Waals surface area contributed by atoms with E-state index in [0.29, 0.717) is 10.2 Å². The number of carbonyl (C=O) groups excluding carboxylic acids is 1. The van der Waals surface area contributed by atoms with E-state index in [0.717, 1.165) is 6.07 Å². The average molecular weight is 299 g/mol. The number of hydrogen-bond donors (Lipinski definition) is 1. The van der Waals surface area contributed by atoms with Crippen LogP contribution in [0.1, 0.15) is 16.1 Å². The lowest BCUT2D eigenvalue weighted by atomic mass is 10.2. The fourth-order valence-electron chi connectivity index (χ4n) is 1.27. The van der Waals surface area contributed by atoms with Crippen LogP contribution in [0.15, 0.2) is 33.3 Å². The highest BCUT2D eigenvalue weighted by atomic mass is 79.9. The molecule has 4 nitrogen and oxygen atoms in total. The lowest BCUT2D eigenvalue weighted by Gasteiger charge is -2.03. The van der Waals surface area contributed by atoms with Crippen molar-refractivity contribution in [3.63, 3.8) is 0 Å². The van der Waals surface area contributed by atoms with Crippen molar-refractivity contribution in [2.45, 2.75) is 6.92 Å². The van der Waals surface area contributed by atoms with Gasteiger partial charge in [-0.15, -0.1) is 0 Å². The van der Waals surface area contributed by atoms with Gasteiger partial charge in [0.15, 0.2) is 0 Å².